The van der Waals surface area contributed by atoms with E-state index in [0.29, 0.717) is 24.3 Å². The summed E-state index contributed by atoms with van der Waals surface area (Å²) in [6, 6.07) is 21.4. The van der Waals surface area contributed by atoms with Crippen LogP contribution in [0, 0.1) is 18.3 Å². The first-order chi connectivity index (χ1) is 14.6. The summed E-state index contributed by atoms with van der Waals surface area (Å²) in [4.78, 5) is 21.4. The lowest BCUT2D eigenvalue weighted by Crippen LogP contribution is -2.49. The summed E-state index contributed by atoms with van der Waals surface area (Å²) in [5.41, 5.74) is 5.00. The highest BCUT2D eigenvalue weighted by atomic mass is 16.2. The molecule has 0 spiro atoms. The minimum atomic E-state index is -0.0617. The van der Waals surface area contributed by atoms with E-state index in [1.54, 1.807) is 24.4 Å². The summed E-state index contributed by atoms with van der Waals surface area (Å²) in [6.45, 7) is 5.02. The van der Waals surface area contributed by atoms with Gasteiger partial charge in [-0.2, -0.15) is 5.26 Å². The van der Waals surface area contributed by atoms with E-state index in [0.717, 1.165) is 24.5 Å². The maximum Gasteiger partial charge on any atom is 0.272 e. The number of aromatic nitrogens is 1. The number of rotatable bonds is 4. The maximum absolute atomic E-state index is 13.0. The van der Waals surface area contributed by atoms with Gasteiger partial charge in [0.05, 0.1) is 11.6 Å². The molecule has 0 unspecified atom stereocenters. The van der Waals surface area contributed by atoms with Gasteiger partial charge in [0.25, 0.3) is 5.91 Å². The van der Waals surface area contributed by atoms with Crippen molar-refractivity contribution in [2.24, 2.45) is 0 Å². The summed E-state index contributed by atoms with van der Waals surface area (Å²) in [7, 11) is 0. The van der Waals surface area contributed by atoms with Crippen LogP contribution in [0.15, 0.2) is 66.9 Å². The monoisotopic (exact) mass is 397 g/mol. The molecule has 1 amide bonds. The van der Waals surface area contributed by atoms with Gasteiger partial charge in [-0.1, -0.05) is 18.2 Å². The Labute approximate surface area is 176 Å². The molecule has 2 aromatic carbocycles. The smallest absolute Gasteiger partial charge is 0.272 e. The van der Waals surface area contributed by atoms with Crippen LogP contribution in [0.2, 0.25) is 0 Å². The number of nitrogens with one attached hydrogen (secondary N) is 1. The number of aryl methyl sites for hydroxylation is 1. The minimum absolute atomic E-state index is 0.0617. The summed E-state index contributed by atoms with van der Waals surface area (Å²) in [6.07, 6.45) is 1.63. The van der Waals surface area contributed by atoms with Crippen LogP contribution in [0.25, 0.3) is 0 Å². The number of carbonyl (C=O) groups excluding carboxylic acids is 1. The molecule has 6 heteroatoms. The van der Waals surface area contributed by atoms with Gasteiger partial charge in [0.1, 0.15) is 5.69 Å². The van der Waals surface area contributed by atoms with Gasteiger partial charge in [0, 0.05) is 49.4 Å². The van der Waals surface area contributed by atoms with E-state index in [4.69, 9.17) is 5.26 Å². The Bertz CT molecular complexity index is 1100. The van der Waals surface area contributed by atoms with E-state index in [1.807, 2.05) is 23.1 Å². The highest BCUT2D eigenvalue weighted by Crippen LogP contribution is 2.21. The summed E-state index contributed by atoms with van der Waals surface area (Å²) >= 11 is 0. The number of nitrogens with zero attached hydrogens (tertiary/aromatic N) is 4. The third kappa shape index (κ3) is 4.41. The molecule has 3 aromatic rings. The predicted octanol–water partition coefficient (Wildman–Crippen LogP) is 3.97. The molecule has 6 nitrogen and oxygen atoms in total. The molecule has 150 valence electrons. The van der Waals surface area contributed by atoms with Crippen LogP contribution in [0.1, 0.15) is 21.6 Å². The molecule has 1 saturated heterocycles. The lowest BCUT2D eigenvalue weighted by molar-refractivity contribution is 0.0741. The molecule has 0 atom stereocenters. The fourth-order valence-corrected chi connectivity index (χ4v) is 3.61. The first-order valence-corrected chi connectivity index (χ1v) is 9.96. The van der Waals surface area contributed by atoms with Crippen LogP contribution in [0.3, 0.4) is 0 Å². The molecule has 1 aliphatic heterocycles. The highest BCUT2D eigenvalue weighted by Gasteiger charge is 2.23. The van der Waals surface area contributed by atoms with Gasteiger partial charge in [0.2, 0.25) is 0 Å². The van der Waals surface area contributed by atoms with Crippen molar-refractivity contribution in [1.29, 1.82) is 5.26 Å². The van der Waals surface area contributed by atoms with Crippen LogP contribution in [-0.2, 0) is 0 Å². The van der Waals surface area contributed by atoms with Gasteiger partial charge in [-0.25, -0.2) is 0 Å². The lowest BCUT2D eigenvalue weighted by Gasteiger charge is -2.36. The SMILES string of the molecule is Cc1cccc(N2CCN(C(=O)c3cc(Nc4cccc(C#N)c4)ccn3)CC2)c1. The van der Waals surface area contributed by atoms with Gasteiger partial charge >= 0.3 is 0 Å². The molecule has 1 fully saturated rings. The van der Waals surface area contributed by atoms with E-state index in [1.165, 1.54) is 11.3 Å². The van der Waals surface area contributed by atoms with Crippen molar-refractivity contribution in [3.63, 3.8) is 0 Å². The minimum Gasteiger partial charge on any atom is -0.368 e. The van der Waals surface area contributed by atoms with Crippen molar-refractivity contribution in [1.82, 2.24) is 9.88 Å². The van der Waals surface area contributed by atoms with Crippen LogP contribution in [-0.4, -0.2) is 42.0 Å². The molecule has 30 heavy (non-hydrogen) atoms. The molecule has 0 bridgehead atoms. The zero-order chi connectivity index (χ0) is 20.9. The number of pyridine rings is 1. The summed E-state index contributed by atoms with van der Waals surface area (Å²) < 4.78 is 0. The van der Waals surface area contributed by atoms with Crippen molar-refractivity contribution >= 4 is 23.0 Å². The lowest BCUT2D eigenvalue weighted by atomic mass is 10.2. The normalized spacial score (nSPS) is 13.6. The fraction of sp³-hybridized carbons (Fsp3) is 0.208. The first kappa shape index (κ1) is 19.5. The van der Waals surface area contributed by atoms with Crippen molar-refractivity contribution in [3.8, 4) is 6.07 Å². The fourth-order valence-electron chi connectivity index (χ4n) is 3.61. The molecule has 0 radical (unpaired) electrons. The number of amides is 1. The van der Waals surface area contributed by atoms with Crippen molar-refractivity contribution in [2.45, 2.75) is 6.92 Å². The molecular weight excluding hydrogens is 374 g/mol. The zero-order valence-electron chi connectivity index (χ0n) is 16.9. The molecule has 1 N–H and O–H groups in total. The number of hydrogen-bond donors (Lipinski definition) is 1. The second-order valence-corrected chi connectivity index (χ2v) is 7.37. The third-order valence-corrected chi connectivity index (χ3v) is 5.19. The standard InChI is InChI=1S/C24H23N5O/c1-18-4-2-7-22(14-18)28-10-12-29(13-11-28)24(30)23-16-21(8-9-26-23)27-20-6-3-5-19(15-20)17-25/h2-9,14-16H,10-13H2,1H3,(H,26,27). The third-order valence-electron chi connectivity index (χ3n) is 5.19. The molecule has 0 aliphatic carbocycles. The maximum atomic E-state index is 13.0. The van der Waals surface area contributed by atoms with Crippen LogP contribution >= 0.6 is 0 Å². The summed E-state index contributed by atoms with van der Waals surface area (Å²) in [5, 5.41) is 12.3. The van der Waals surface area contributed by atoms with Gasteiger partial charge < -0.3 is 15.1 Å². The van der Waals surface area contributed by atoms with E-state index < -0.39 is 0 Å². The number of benzene rings is 2. The average molecular weight is 397 g/mol. The molecule has 1 aromatic heterocycles. The summed E-state index contributed by atoms with van der Waals surface area (Å²) in [5.74, 6) is -0.0617. The van der Waals surface area contributed by atoms with Gasteiger partial charge in [-0.3, -0.25) is 9.78 Å². The second-order valence-electron chi connectivity index (χ2n) is 7.37. The topological polar surface area (TPSA) is 72.3 Å². The Balaban J connectivity index is 1.41. The van der Waals surface area contributed by atoms with Crippen molar-refractivity contribution < 1.29 is 4.79 Å². The van der Waals surface area contributed by atoms with Crippen molar-refractivity contribution in [2.75, 3.05) is 36.4 Å². The Kier molecular flexibility index (Phi) is 5.62. The van der Waals surface area contributed by atoms with E-state index in [-0.39, 0.29) is 5.91 Å². The number of piperazine rings is 1. The predicted molar refractivity (Wildman–Crippen MR) is 118 cm³/mol. The molecular formula is C24H23N5O. The van der Waals surface area contributed by atoms with Crippen LogP contribution in [0.4, 0.5) is 17.1 Å². The Morgan fingerprint density at radius 2 is 1.77 bits per heavy atom. The number of nitriles is 1. The Hall–Kier alpha value is -3.85. The molecule has 2 heterocycles. The molecule has 4 rings (SSSR count). The number of anilines is 3. The van der Waals surface area contributed by atoms with Crippen LogP contribution in [0.5, 0.6) is 0 Å². The second kappa shape index (κ2) is 8.66. The van der Waals surface area contributed by atoms with Gasteiger partial charge in [0.15, 0.2) is 0 Å². The quantitative estimate of drug-likeness (QED) is 0.721. The Morgan fingerprint density at radius 3 is 2.53 bits per heavy atom. The van der Waals surface area contributed by atoms with E-state index in [2.05, 4.69) is 52.5 Å². The highest BCUT2D eigenvalue weighted by molar-refractivity contribution is 5.93. The van der Waals surface area contributed by atoms with Crippen LogP contribution < -0.4 is 10.2 Å². The Morgan fingerprint density at radius 1 is 1.00 bits per heavy atom. The van der Waals surface area contributed by atoms with E-state index in [9.17, 15) is 4.79 Å². The zero-order valence-corrected chi connectivity index (χ0v) is 16.9. The molecule has 1 aliphatic rings. The van der Waals surface area contributed by atoms with E-state index >= 15 is 0 Å². The van der Waals surface area contributed by atoms with Gasteiger partial charge in [-0.15, -0.1) is 0 Å². The van der Waals surface area contributed by atoms with Gasteiger partial charge in [-0.05, 0) is 55.0 Å². The average Bonchev–Trinajstić information content (AvgIpc) is 2.79. The number of carbonyl (C=O) groups is 1. The largest absolute Gasteiger partial charge is 0.368 e. The van der Waals surface area contributed by atoms with Crippen molar-refractivity contribution in [3.05, 3.63) is 83.7 Å². The first-order valence-electron chi connectivity index (χ1n) is 9.96. The molecule has 0 saturated carbocycles. The number of hydrogen-bond acceptors (Lipinski definition) is 5.